The molecule has 0 aromatic heterocycles. The molecule has 19 heavy (non-hydrogen) atoms. The maximum atomic E-state index is 12.6. The summed E-state index contributed by atoms with van der Waals surface area (Å²) < 4.78 is 0. The lowest BCUT2D eigenvalue weighted by molar-refractivity contribution is -0.135. The predicted molar refractivity (Wildman–Crippen MR) is 78.2 cm³/mol. The standard InChI is InChI=1S/C15H29N3O/c1-13-12-18(10-9-17(13)3)14(19)11-15(16-2)7-5-4-6-8-15/h13,16H,4-12H2,1-3H3. The summed E-state index contributed by atoms with van der Waals surface area (Å²) in [4.78, 5) is 16.9. The number of nitrogens with zero attached hydrogens (tertiary/aromatic N) is 2. The van der Waals surface area contributed by atoms with E-state index < -0.39 is 0 Å². The Balaban J connectivity index is 1.92. The van der Waals surface area contributed by atoms with Crippen molar-refractivity contribution in [3.8, 4) is 0 Å². The van der Waals surface area contributed by atoms with Crippen LogP contribution in [0, 0.1) is 0 Å². The Kier molecular flexibility index (Phi) is 4.85. The lowest BCUT2D eigenvalue weighted by Gasteiger charge is -2.41. The van der Waals surface area contributed by atoms with Crippen LogP contribution in [0.2, 0.25) is 0 Å². The number of amides is 1. The predicted octanol–water partition coefficient (Wildman–Crippen LogP) is 1.46. The molecule has 1 saturated carbocycles. The number of rotatable bonds is 3. The van der Waals surface area contributed by atoms with Crippen LogP contribution in [-0.4, -0.2) is 61.0 Å². The molecule has 1 amide bonds. The molecule has 0 aromatic carbocycles. The van der Waals surface area contributed by atoms with Crippen LogP contribution in [0.15, 0.2) is 0 Å². The second-order valence-electron chi connectivity index (χ2n) is 6.44. The largest absolute Gasteiger partial charge is 0.340 e. The molecule has 0 bridgehead atoms. The van der Waals surface area contributed by atoms with E-state index in [0.717, 1.165) is 32.5 Å². The first-order valence-corrected chi connectivity index (χ1v) is 7.73. The van der Waals surface area contributed by atoms with Gasteiger partial charge >= 0.3 is 0 Å². The Hall–Kier alpha value is -0.610. The van der Waals surface area contributed by atoms with Crippen molar-refractivity contribution < 1.29 is 4.79 Å². The van der Waals surface area contributed by atoms with Gasteiger partial charge in [0.05, 0.1) is 0 Å². The van der Waals surface area contributed by atoms with E-state index in [2.05, 4.69) is 29.1 Å². The molecule has 0 radical (unpaired) electrons. The molecule has 2 rings (SSSR count). The molecule has 2 fully saturated rings. The highest BCUT2D eigenvalue weighted by atomic mass is 16.2. The van der Waals surface area contributed by atoms with Crippen LogP contribution >= 0.6 is 0 Å². The average Bonchev–Trinajstić information content (AvgIpc) is 2.43. The van der Waals surface area contributed by atoms with Crippen molar-refractivity contribution in [2.45, 2.75) is 57.0 Å². The fourth-order valence-electron chi connectivity index (χ4n) is 3.42. The summed E-state index contributed by atoms with van der Waals surface area (Å²) in [7, 11) is 4.16. The van der Waals surface area contributed by atoms with Crippen molar-refractivity contribution in [1.82, 2.24) is 15.1 Å². The van der Waals surface area contributed by atoms with Crippen molar-refractivity contribution in [2.24, 2.45) is 0 Å². The number of hydrogen-bond donors (Lipinski definition) is 1. The van der Waals surface area contributed by atoms with Gasteiger partial charge in [0.15, 0.2) is 0 Å². The van der Waals surface area contributed by atoms with Gasteiger partial charge in [0.2, 0.25) is 5.91 Å². The van der Waals surface area contributed by atoms with Gasteiger partial charge in [0.25, 0.3) is 0 Å². The summed E-state index contributed by atoms with van der Waals surface area (Å²) in [6.45, 7) is 4.97. The molecule has 1 aliphatic heterocycles. The van der Waals surface area contributed by atoms with Crippen LogP contribution in [0.1, 0.15) is 45.4 Å². The number of piperazine rings is 1. The quantitative estimate of drug-likeness (QED) is 0.841. The highest BCUT2D eigenvalue weighted by Gasteiger charge is 2.35. The summed E-state index contributed by atoms with van der Waals surface area (Å²) in [5.41, 5.74) is 0.0713. The highest BCUT2D eigenvalue weighted by Crippen LogP contribution is 2.31. The number of nitrogens with one attached hydrogen (secondary N) is 1. The fraction of sp³-hybridized carbons (Fsp3) is 0.933. The zero-order chi connectivity index (χ0) is 13.9. The first kappa shape index (κ1) is 14.8. The molecule has 0 aromatic rings. The first-order chi connectivity index (χ1) is 9.06. The van der Waals surface area contributed by atoms with E-state index in [9.17, 15) is 4.79 Å². The Morgan fingerprint density at radius 3 is 2.53 bits per heavy atom. The third kappa shape index (κ3) is 3.48. The van der Waals surface area contributed by atoms with Gasteiger partial charge in [-0.3, -0.25) is 4.79 Å². The van der Waals surface area contributed by atoms with Crippen molar-refractivity contribution in [3.05, 3.63) is 0 Å². The average molecular weight is 267 g/mol. The number of likely N-dealkylation sites (N-methyl/N-ethyl adjacent to an activating group) is 1. The van der Waals surface area contributed by atoms with Crippen LogP contribution < -0.4 is 5.32 Å². The smallest absolute Gasteiger partial charge is 0.224 e. The van der Waals surface area contributed by atoms with Crippen molar-refractivity contribution in [1.29, 1.82) is 0 Å². The summed E-state index contributed by atoms with van der Waals surface area (Å²) in [6.07, 6.45) is 6.82. The van der Waals surface area contributed by atoms with Crippen LogP contribution in [-0.2, 0) is 4.79 Å². The van der Waals surface area contributed by atoms with Gasteiger partial charge < -0.3 is 15.1 Å². The minimum absolute atomic E-state index is 0.0713. The molecule has 1 N–H and O–H groups in total. The third-order valence-corrected chi connectivity index (χ3v) is 5.14. The van der Waals surface area contributed by atoms with Gasteiger partial charge in [-0.15, -0.1) is 0 Å². The lowest BCUT2D eigenvalue weighted by Crippen LogP contribution is -2.55. The lowest BCUT2D eigenvalue weighted by atomic mass is 9.79. The Morgan fingerprint density at radius 2 is 1.95 bits per heavy atom. The topological polar surface area (TPSA) is 35.6 Å². The van der Waals surface area contributed by atoms with Crippen molar-refractivity contribution in [3.63, 3.8) is 0 Å². The zero-order valence-electron chi connectivity index (χ0n) is 12.7. The van der Waals surface area contributed by atoms with Gasteiger partial charge in [-0.05, 0) is 33.9 Å². The molecule has 110 valence electrons. The van der Waals surface area contributed by atoms with E-state index in [1.807, 2.05) is 7.05 Å². The monoisotopic (exact) mass is 267 g/mol. The van der Waals surface area contributed by atoms with Gasteiger partial charge in [0.1, 0.15) is 0 Å². The summed E-state index contributed by atoms with van der Waals surface area (Å²) in [5.74, 6) is 0.344. The maximum absolute atomic E-state index is 12.6. The Morgan fingerprint density at radius 1 is 1.26 bits per heavy atom. The SMILES string of the molecule is CNC1(CC(=O)N2CCN(C)C(C)C2)CCCCC1. The molecular weight excluding hydrogens is 238 g/mol. The summed E-state index contributed by atoms with van der Waals surface area (Å²) >= 11 is 0. The van der Waals surface area contributed by atoms with E-state index in [-0.39, 0.29) is 5.54 Å². The Bertz CT molecular complexity index is 313. The van der Waals surface area contributed by atoms with E-state index in [0.29, 0.717) is 18.4 Å². The van der Waals surface area contributed by atoms with Gasteiger partial charge in [-0.1, -0.05) is 19.3 Å². The van der Waals surface area contributed by atoms with Crippen molar-refractivity contribution >= 4 is 5.91 Å². The fourth-order valence-corrected chi connectivity index (χ4v) is 3.42. The number of carbonyl (C=O) groups is 1. The second kappa shape index (κ2) is 6.23. The van der Waals surface area contributed by atoms with Crippen LogP contribution in [0.3, 0.4) is 0 Å². The first-order valence-electron chi connectivity index (χ1n) is 7.73. The third-order valence-electron chi connectivity index (χ3n) is 5.14. The normalized spacial score (nSPS) is 28.4. The van der Waals surface area contributed by atoms with Gasteiger partial charge in [-0.25, -0.2) is 0 Å². The van der Waals surface area contributed by atoms with Crippen molar-refractivity contribution in [2.75, 3.05) is 33.7 Å². The van der Waals surface area contributed by atoms with E-state index in [4.69, 9.17) is 0 Å². The van der Waals surface area contributed by atoms with Gasteiger partial charge in [0, 0.05) is 37.6 Å². The molecule has 1 unspecified atom stereocenters. The minimum atomic E-state index is 0.0713. The van der Waals surface area contributed by atoms with Crippen LogP contribution in [0.25, 0.3) is 0 Å². The summed E-state index contributed by atoms with van der Waals surface area (Å²) in [6, 6.07) is 0.481. The maximum Gasteiger partial charge on any atom is 0.224 e. The molecule has 4 heteroatoms. The second-order valence-corrected chi connectivity index (χ2v) is 6.44. The summed E-state index contributed by atoms with van der Waals surface area (Å²) in [5, 5.41) is 3.45. The number of hydrogen-bond acceptors (Lipinski definition) is 3. The molecule has 4 nitrogen and oxygen atoms in total. The number of carbonyl (C=O) groups excluding carboxylic acids is 1. The van der Waals surface area contributed by atoms with E-state index in [1.165, 1.54) is 19.3 Å². The zero-order valence-corrected chi connectivity index (χ0v) is 12.7. The molecule has 2 aliphatic rings. The molecule has 1 atom stereocenters. The van der Waals surface area contributed by atoms with E-state index >= 15 is 0 Å². The molecule has 1 saturated heterocycles. The minimum Gasteiger partial charge on any atom is -0.340 e. The molecule has 1 heterocycles. The Labute approximate surface area is 117 Å². The molecule has 1 aliphatic carbocycles. The van der Waals surface area contributed by atoms with E-state index in [1.54, 1.807) is 0 Å². The van der Waals surface area contributed by atoms with Gasteiger partial charge in [-0.2, -0.15) is 0 Å². The van der Waals surface area contributed by atoms with Crippen LogP contribution in [0.4, 0.5) is 0 Å². The highest BCUT2D eigenvalue weighted by molar-refractivity contribution is 5.77. The molecule has 0 spiro atoms. The molecular formula is C15H29N3O. The van der Waals surface area contributed by atoms with Crippen LogP contribution in [0.5, 0.6) is 0 Å².